The number of halogens is 6. The topological polar surface area (TPSA) is 80.7 Å². The van der Waals surface area contributed by atoms with Crippen molar-refractivity contribution in [3.05, 3.63) is 0 Å². The fourth-order valence-corrected chi connectivity index (χ4v) is 1.81. The minimum Gasteiger partial charge on any atom is -0.467 e. The Hall–Kier alpha value is -1.04. The van der Waals surface area contributed by atoms with E-state index in [-0.39, 0.29) is 7.11 Å². The molecule has 0 spiro atoms. The first-order chi connectivity index (χ1) is 7.23. The van der Waals surface area contributed by atoms with Crippen molar-refractivity contribution in [2.24, 2.45) is 0 Å². The molecule has 0 aliphatic carbocycles. The number of carbonyl (C=O) groups excluding carboxylic acids is 1. The molecule has 0 unspecified atom stereocenters. The van der Waals surface area contributed by atoms with Crippen molar-refractivity contribution in [3.8, 4) is 0 Å². The van der Waals surface area contributed by atoms with Gasteiger partial charge in [-0.15, -0.1) is 0 Å². The lowest BCUT2D eigenvalue weighted by atomic mass is 10.1. The van der Waals surface area contributed by atoms with Gasteiger partial charge in [-0.1, -0.05) is 0 Å². The summed E-state index contributed by atoms with van der Waals surface area (Å²) >= 11 is 0. The second kappa shape index (κ2) is 4.01. The van der Waals surface area contributed by atoms with Crippen LogP contribution in [-0.4, -0.2) is 43.1 Å². The molecular weight excluding hydrogens is 286 g/mol. The van der Waals surface area contributed by atoms with E-state index in [4.69, 9.17) is 4.55 Å². The quantitative estimate of drug-likeness (QED) is 0.464. The third-order valence-electron chi connectivity index (χ3n) is 1.66. The molecule has 102 valence electrons. The molecule has 0 heterocycles. The SMILES string of the molecule is COC(=O)C(C(F)(F)F)(C(F)(F)F)S(=O)(=O)O. The molecule has 0 amide bonds. The largest absolute Gasteiger partial charge is 0.467 e. The summed E-state index contributed by atoms with van der Waals surface area (Å²) < 4.78 is 99.5. The molecule has 5 nitrogen and oxygen atoms in total. The molecule has 12 heteroatoms. The van der Waals surface area contributed by atoms with Gasteiger partial charge in [0, 0.05) is 0 Å². The van der Waals surface area contributed by atoms with Gasteiger partial charge in [0.2, 0.25) is 0 Å². The first-order valence-corrected chi connectivity index (χ1v) is 4.86. The molecule has 0 radical (unpaired) electrons. The van der Waals surface area contributed by atoms with E-state index in [0.29, 0.717) is 0 Å². The maximum atomic E-state index is 12.2. The molecule has 17 heavy (non-hydrogen) atoms. The van der Waals surface area contributed by atoms with Crippen LogP contribution in [0.1, 0.15) is 0 Å². The van der Waals surface area contributed by atoms with Crippen LogP contribution in [0.5, 0.6) is 0 Å². The Morgan fingerprint density at radius 1 is 1.06 bits per heavy atom. The highest BCUT2D eigenvalue weighted by molar-refractivity contribution is 7.88. The summed E-state index contributed by atoms with van der Waals surface area (Å²) in [4.78, 5) is 10.6. The fraction of sp³-hybridized carbons (Fsp3) is 0.800. The van der Waals surface area contributed by atoms with Crippen LogP contribution < -0.4 is 0 Å². The second-order valence-electron chi connectivity index (χ2n) is 2.64. The van der Waals surface area contributed by atoms with E-state index in [1.54, 1.807) is 0 Å². The minimum absolute atomic E-state index is 0.111. The molecule has 0 rings (SSSR count). The van der Waals surface area contributed by atoms with E-state index in [1.807, 2.05) is 0 Å². The number of hydrogen-bond donors (Lipinski definition) is 1. The molecule has 0 aliphatic rings. The number of hydrogen-bond acceptors (Lipinski definition) is 4. The lowest BCUT2D eigenvalue weighted by molar-refractivity contribution is -0.267. The summed E-state index contributed by atoms with van der Waals surface area (Å²) in [5, 5.41) is 0. The van der Waals surface area contributed by atoms with Gasteiger partial charge in [-0.25, -0.2) is 4.79 Å². The van der Waals surface area contributed by atoms with Crippen LogP contribution >= 0.6 is 0 Å². The van der Waals surface area contributed by atoms with Crippen molar-refractivity contribution < 1.29 is 48.8 Å². The van der Waals surface area contributed by atoms with E-state index in [2.05, 4.69) is 4.74 Å². The summed E-state index contributed by atoms with van der Waals surface area (Å²) in [5.74, 6) is -3.19. The number of rotatable bonds is 2. The van der Waals surface area contributed by atoms with Gasteiger partial charge in [-0.2, -0.15) is 34.8 Å². The third-order valence-corrected chi connectivity index (χ3v) is 3.06. The molecule has 0 fully saturated rings. The monoisotopic (exact) mass is 290 g/mol. The second-order valence-corrected chi connectivity index (χ2v) is 4.21. The third kappa shape index (κ3) is 2.18. The van der Waals surface area contributed by atoms with Gasteiger partial charge in [-0.3, -0.25) is 4.55 Å². The Balaban J connectivity index is 6.46. The average Bonchev–Trinajstić information content (AvgIpc) is 1.95. The van der Waals surface area contributed by atoms with Crippen molar-refractivity contribution in [1.82, 2.24) is 0 Å². The number of carbonyl (C=O) groups is 1. The zero-order valence-electron chi connectivity index (χ0n) is 7.76. The van der Waals surface area contributed by atoms with Gasteiger partial charge < -0.3 is 4.74 Å². The van der Waals surface area contributed by atoms with Gasteiger partial charge in [0.25, 0.3) is 0 Å². The average molecular weight is 290 g/mol. The summed E-state index contributed by atoms with van der Waals surface area (Å²) in [6, 6.07) is 0. The number of alkyl halides is 6. The first kappa shape index (κ1) is 16.0. The number of esters is 1. The zero-order chi connectivity index (χ0) is 14.3. The van der Waals surface area contributed by atoms with Crippen LogP contribution in [0.15, 0.2) is 0 Å². The Morgan fingerprint density at radius 2 is 1.35 bits per heavy atom. The predicted molar refractivity (Wildman–Crippen MR) is 38.4 cm³/mol. The van der Waals surface area contributed by atoms with Crippen molar-refractivity contribution in [1.29, 1.82) is 0 Å². The maximum absolute atomic E-state index is 12.2. The van der Waals surface area contributed by atoms with E-state index >= 15 is 0 Å². The van der Waals surface area contributed by atoms with E-state index in [1.165, 1.54) is 0 Å². The molecule has 0 aromatic heterocycles. The molecule has 0 saturated heterocycles. The van der Waals surface area contributed by atoms with Crippen LogP contribution in [0.3, 0.4) is 0 Å². The van der Waals surface area contributed by atoms with Gasteiger partial charge in [0.15, 0.2) is 0 Å². The van der Waals surface area contributed by atoms with Gasteiger partial charge in [0.05, 0.1) is 7.11 Å². The fourth-order valence-electron chi connectivity index (χ4n) is 0.934. The van der Waals surface area contributed by atoms with Crippen LogP contribution in [0.4, 0.5) is 26.3 Å². The zero-order valence-corrected chi connectivity index (χ0v) is 8.57. The Labute approximate surface area is 90.1 Å². The van der Waals surface area contributed by atoms with E-state index < -0.39 is 33.2 Å². The lowest BCUT2D eigenvalue weighted by Gasteiger charge is -2.31. The first-order valence-electron chi connectivity index (χ1n) is 3.42. The highest BCUT2D eigenvalue weighted by atomic mass is 32.2. The van der Waals surface area contributed by atoms with Gasteiger partial charge in [-0.05, 0) is 0 Å². The highest BCUT2D eigenvalue weighted by Crippen LogP contribution is 2.48. The van der Waals surface area contributed by atoms with Crippen LogP contribution in [0.25, 0.3) is 0 Å². The summed E-state index contributed by atoms with van der Waals surface area (Å²) in [7, 11) is -6.77. The van der Waals surface area contributed by atoms with Crippen molar-refractivity contribution >= 4 is 16.1 Å². The molecule has 1 N–H and O–H groups in total. The Bertz CT molecular complexity index is 391. The lowest BCUT2D eigenvalue weighted by Crippen LogP contribution is -2.67. The number of ether oxygens (including phenoxy) is 1. The smallest absolute Gasteiger partial charge is 0.430 e. The van der Waals surface area contributed by atoms with Crippen molar-refractivity contribution in [3.63, 3.8) is 0 Å². The molecular formula is C5H4F6O5S. The summed E-state index contributed by atoms with van der Waals surface area (Å²) in [6.07, 6.45) is -13.3. The summed E-state index contributed by atoms with van der Waals surface area (Å²) in [6.45, 7) is 0. The van der Waals surface area contributed by atoms with Crippen LogP contribution in [0, 0.1) is 0 Å². The molecule has 0 aromatic rings. The minimum atomic E-state index is -6.88. The Morgan fingerprint density at radius 3 is 1.41 bits per heavy atom. The Kier molecular flexibility index (Phi) is 3.77. The van der Waals surface area contributed by atoms with E-state index in [9.17, 15) is 39.6 Å². The number of methoxy groups -OCH3 is 1. The molecule has 0 bridgehead atoms. The standard InChI is InChI=1S/C5H4F6O5S/c1-16-2(12)3(4(6,7)8,5(9,10)11)17(13,14)15/h1H3,(H,13,14,15). The summed E-state index contributed by atoms with van der Waals surface area (Å²) in [5.41, 5.74) is 0. The van der Waals surface area contributed by atoms with Crippen LogP contribution in [-0.2, 0) is 19.6 Å². The normalized spacial score (nSPS) is 14.6. The van der Waals surface area contributed by atoms with Crippen LogP contribution in [0.2, 0.25) is 0 Å². The van der Waals surface area contributed by atoms with Crippen molar-refractivity contribution in [2.75, 3.05) is 7.11 Å². The van der Waals surface area contributed by atoms with Gasteiger partial charge >= 0.3 is 33.2 Å². The van der Waals surface area contributed by atoms with E-state index in [0.717, 1.165) is 0 Å². The molecule has 0 atom stereocenters. The van der Waals surface area contributed by atoms with Crippen molar-refractivity contribution in [2.45, 2.75) is 17.1 Å². The predicted octanol–water partition coefficient (Wildman–Crippen LogP) is 0.911. The highest BCUT2D eigenvalue weighted by Gasteiger charge is 2.84. The van der Waals surface area contributed by atoms with Gasteiger partial charge in [0.1, 0.15) is 0 Å². The molecule has 0 aromatic carbocycles. The molecule has 0 aliphatic heterocycles. The maximum Gasteiger partial charge on any atom is 0.430 e. The molecule has 0 saturated carbocycles.